The molecule has 194 valence electrons. The van der Waals surface area contributed by atoms with E-state index in [2.05, 4.69) is 146 Å². The second-order valence-electron chi connectivity index (χ2n) is 11.8. The molecular weight excluding hydrogens is 515 g/mol. The van der Waals surface area contributed by atoms with Crippen molar-refractivity contribution in [1.29, 1.82) is 0 Å². The molecule has 2 aromatic heterocycles. The lowest BCUT2D eigenvalue weighted by Crippen LogP contribution is -2.14. The topological polar surface area (TPSA) is 4.93 Å². The van der Waals surface area contributed by atoms with Crippen LogP contribution >= 0.6 is 11.3 Å². The van der Waals surface area contributed by atoms with Gasteiger partial charge in [-0.15, -0.1) is 11.3 Å². The van der Waals surface area contributed by atoms with Crippen molar-refractivity contribution in [3.05, 3.63) is 139 Å². The summed E-state index contributed by atoms with van der Waals surface area (Å²) in [5.74, 6) is 0. The van der Waals surface area contributed by atoms with Crippen molar-refractivity contribution < 1.29 is 0 Å². The molecule has 0 saturated carbocycles. The van der Waals surface area contributed by atoms with Gasteiger partial charge in [0.25, 0.3) is 0 Å². The van der Waals surface area contributed by atoms with Crippen LogP contribution in [0.5, 0.6) is 0 Å². The van der Waals surface area contributed by atoms with Gasteiger partial charge in [-0.05, 0) is 69.8 Å². The van der Waals surface area contributed by atoms with Gasteiger partial charge < -0.3 is 4.57 Å². The van der Waals surface area contributed by atoms with E-state index in [1.807, 2.05) is 11.3 Å². The van der Waals surface area contributed by atoms with Gasteiger partial charge in [-0.25, -0.2) is 0 Å². The van der Waals surface area contributed by atoms with Crippen LogP contribution in [0.1, 0.15) is 25.0 Å². The van der Waals surface area contributed by atoms with E-state index in [1.54, 1.807) is 0 Å². The maximum Gasteiger partial charge on any atom is 0.0555 e. The molecule has 0 radical (unpaired) electrons. The van der Waals surface area contributed by atoms with Crippen LogP contribution in [0.15, 0.2) is 127 Å². The van der Waals surface area contributed by atoms with Crippen LogP contribution in [0.4, 0.5) is 0 Å². The van der Waals surface area contributed by atoms with E-state index < -0.39 is 0 Å². The van der Waals surface area contributed by atoms with Crippen LogP contribution in [0.25, 0.3) is 69.9 Å². The predicted octanol–water partition coefficient (Wildman–Crippen LogP) is 11.1. The summed E-state index contributed by atoms with van der Waals surface area (Å²) < 4.78 is 5.16. The van der Waals surface area contributed by atoms with E-state index in [-0.39, 0.29) is 5.41 Å². The molecule has 1 nitrogen and oxygen atoms in total. The molecule has 6 aromatic carbocycles. The summed E-state index contributed by atoms with van der Waals surface area (Å²) in [7, 11) is 0. The molecule has 0 amide bonds. The number of aromatic nitrogens is 1. The zero-order valence-corrected chi connectivity index (χ0v) is 23.8. The first-order valence-corrected chi connectivity index (χ1v) is 15.1. The van der Waals surface area contributed by atoms with Crippen LogP contribution in [0.3, 0.4) is 0 Å². The van der Waals surface area contributed by atoms with Gasteiger partial charge >= 0.3 is 0 Å². The minimum Gasteiger partial charge on any atom is -0.309 e. The first-order valence-electron chi connectivity index (χ1n) is 14.3. The highest BCUT2D eigenvalue weighted by atomic mass is 32.1. The Labute approximate surface area is 242 Å². The molecule has 9 rings (SSSR count). The zero-order chi connectivity index (χ0) is 27.3. The van der Waals surface area contributed by atoms with Crippen molar-refractivity contribution in [2.75, 3.05) is 0 Å². The predicted molar refractivity (Wildman–Crippen MR) is 177 cm³/mol. The van der Waals surface area contributed by atoms with Crippen LogP contribution in [0, 0.1) is 0 Å². The van der Waals surface area contributed by atoms with Crippen LogP contribution in [-0.2, 0) is 5.41 Å². The Balaban J connectivity index is 1.26. The third kappa shape index (κ3) is 3.11. The molecule has 1 aliphatic carbocycles. The van der Waals surface area contributed by atoms with E-state index in [4.69, 9.17) is 0 Å². The number of hydrogen-bond acceptors (Lipinski definition) is 1. The molecule has 0 spiro atoms. The number of rotatable bonds is 2. The number of nitrogens with zero attached hydrogens (tertiary/aromatic N) is 1. The lowest BCUT2D eigenvalue weighted by molar-refractivity contribution is 0.660. The molecule has 0 N–H and O–H groups in total. The van der Waals surface area contributed by atoms with Gasteiger partial charge in [0.1, 0.15) is 0 Å². The van der Waals surface area contributed by atoms with E-state index >= 15 is 0 Å². The first-order chi connectivity index (χ1) is 20.1. The van der Waals surface area contributed by atoms with Gasteiger partial charge in [-0.1, -0.05) is 105 Å². The van der Waals surface area contributed by atoms with Gasteiger partial charge in [-0.3, -0.25) is 0 Å². The van der Waals surface area contributed by atoms with Crippen LogP contribution < -0.4 is 0 Å². The quantitative estimate of drug-likeness (QED) is 0.205. The Morgan fingerprint density at radius 3 is 2.22 bits per heavy atom. The minimum absolute atomic E-state index is 0.0119. The summed E-state index contributed by atoms with van der Waals surface area (Å²) in [5.41, 5.74) is 11.7. The van der Waals surface area contributed by atoms with Crippen molar-refractivity contribution in [1.82, 2.24) is 4.57 Å². The fraction of sp³-hybridized carbons (Fsp3) is 0.0769. The first kappa shape index (κ1) is 23.1. The summed E-state index contributed by atoms with van der Waals surface area (Å²) in [6, 6.07) is 47.2. The molecular formula is C39H27NS. The highest BCUT2D eigenvalue weighted by molar-refractivity contribution is 7.26. The van der Waals surface area contributed by atoms with E-state index in [0.717, 1.165) is 0 Å². The molecule has 0 bridgehead atoms. The zero-order valence-electron chi connectivity index (χ0n) is 23.0. The number of para-hydroxylation sites is 1. The largest absolute Gasteiger partial charge is 0.309 e. The van der Waals surface area contributed by atoms with E-state index in [0.29, 0.717) is 0 Å². The Morgan fingerprint density at radius 1 is 0.537 bits per heavy atom. The average molecular weight is 542 g/mol. The van der Waals surface area contributed by atoms with E-state index in [9.17, 15) is 0 Å². The minimum atomic E-state index is -0.0119. The second-order valence-corrected chi connectivity index (χ2v) is 12.8. The highest BCUT2D eigenvalue weighted by Gasteiger charge is 2.35. The lowest BCUT2D eigenvalue weighted by Gasteiger charge is -2.22. The average Bonchev–Trinajstić information content (AvgIpc) is 3.63. The highest BCUT2D eigenvalue weighted by Crippen LogP contribution is 2.49. The normalized spacial score (nSPS) is 13.8. The fourth-order valence-corrected chi connectivity index (χ4v) is 8.48. The fourth-order valence-electron chi connectivity index (χ4n) is 7.22. The molecule has 1 aliphatic rings. The van der Waals surface area contributed by atoms with Crippen LogP contribution in [0.2, 0.25) is 0 Å². The van der Waals surface area contributed by atoms with Gasteiger partial charge in [0.15, 0.2) is 0 Å². The molecule has 0 atom stereocenters. The Kier molecular flexibility index (Phi) is 4.61. The maximum absolute atomic E-state index is 2.45. The molecule has 41 heavy (non-hydrogen) atoms. The van der Waals surface area contributed by atoms with Gasteiger partial charge in [-0.2, -0.15) is 0 Å². The molecule has 2 heterocycles. The standard InChI is InChI=1S/C39H27NS/c1-39(2)32-15-6-3-12-27(32)28-19-18-25(23-33(28)39)24-10-9-11-26(22-24)40-34-16-7-4-14-31(34)37-35(40)21-20-30-29-13-5-8-17-36(29)41-38(30)37/h3-23H,1-2H3. The number of fused-ring (bicyclic) bond motifs is 10. The molecule has 2 heteroatoms. The second kappa shape index (κ2) is 8.19. The monoisotopic (exact) mass is 541 g/mol. The van der Waals surface area contributed by atoms with Crippen molar-refractivity contribution in [3.8, 4) is 27.9 Å². The maximum atomic E-state index is 2.45. The van der Waals surface area contributed by atoms with Gasteiger partial charge in [0, 0.05) is 42.0 Å². The summed E-state index contributed by atoms with van der Waals surface area (Å²) in [4.78, 5) is 0. The Bertz CT molecular complexity index is 2350. The number of thiophene rings is 1. The van der Waals surface area contributed by atoms with E-state index in [1.165, 1.54) is 81.0 Å². The summed E-state index contributed by atoms with van der Waals surface area (Å²) >= 11 is 1.91. The summed E-state index contributed by atoms with van der Waals surface area (Å²) in [6.45, 7) is 4.70. The van der Waals surface area contributed by atoms with Crippen molar-refractivity contribution in [2.45, 2.75) is 19.3 Å². The third-order valence-electron chi connectivity index (χ3n) is 9.20. The van der Waals surface area contributed by atoms with Gasteiger partial charge in [0.2, 0.25) is 0 Å². The number of hydrogen-bond donors (Lipinski definition) is 0. The Hall–Kier alpha value is -4.66. The molecule has 0 saturated heterocycles. The van der Waals surface area contributed by atoms with Crippen molar-refractivity contribution in [2.24, 2.45) is 0 Å². The third-order valence-corrected chi connectivity index (χ3v) is 10.4. The smallest absolute Gasteiger partial charge is 0.0555 e. The molecule has 0 aliphatic heterocycles. The van der Waals surface area contributed by atoms with Crippen LogP contribution in [-0.4, -0.2) is 4.57 Å². The summed E-state index contributed by atoms with van der Waals surface area (Å²) in [6.07, 6.45) is 0. The Morgan fingerprint density at radius 2 is 1.29 bits per heavy atom. The molecule has 0 unspecified atom stereocenters. The SMILES string of the molecule is CC1(C)c2ccccc2-c2ccc(-c3cccc(-n4c5ccccc5c5c6sc7ccccc7c6ccc54)c3)cc21. The van der Waals surface area contributed by atoms with Crippen molar-refractivity contribution >= 4 is 53.3 Å². The molecule has 0 fully saturated rings. The summed E-state index contributed by atoms with van der Waals surface area (Å²) in [5, 5.41) is 5.34. The van der Waals surface area contributed by atoms with Crippen molar-refractivity contribution in [3.63, 3.8) is 0 Å². The molecule has 8 aromatic rings. The number of benzene rings is 6. The van der Waals surface area contributed by atoms with Gasteiger partial charge in [0.05, 0.1) is 11.0 Å². The lowest BCUT2D eigenvalue weighted by atomic mass is 9.81.